The fraction of sp³-hybridized carbons (Fsp3) is 0.417. The Morgan fingerprint density at radius 1 is 1.40 bits per heavy atom. The largest absolute Gasteiger partial charge is 0.476 e. The number of benzene rings is 1. The summed E-state index contributed by atoms with van der Waals surface area (Å²) in [6.45, 7) is 5.59. The molecule has 0 amide bonds. The van der Waals surface area contributed by atoms with Crippen molar-refractivity contribution < 1.29 is 4.74 Å². The van der Waals surface area contributed by atoms with Gasteiger partial charge in [-0.2, -0.15) is 5.26 Å². The van der Waals surface area contributed by atoms with Crippen molar-refractivity contribution in [2.45, 2.75) is 32.9 Å². The third-order valence-corrected chi connectivity index (χ3v) is 2.15. The smallest absolute Gasteiger partial charge is 0.181 e. The summed E-state index contributed by atoms with van der Waals surface area (Å²) in [5.41, 5.74) is 7.85. The summed E-state index contributed by atoms with van der Waals surface area (Å²) in [6.07, 6.45) is -0.454. The standard InChI is InChI=1S/C12H16N2O/c1-8-4-5-11(10(3)14)12(6-8)15-9(2)7-13/h4-6,9-10H,14H2,1-3H3/t9?,10-/m0/s1. The van der Waals surface area contributed by atoms with Crippen LogP contribution in [0.25, 0.3) is 0 Å². The van der Waals surface area contributed by atoms with E-state index in [1.165, 1.54) is 0 Å². The average molecular weight is 204 g/mol. The van der Waals surface area contributed by atoms with Crippen LogP contribution in [0.1, 0.15) is 31.0 Å². The minimum Gasteiger partial charge on any atom is -0.476 e. The molecule has 0 aliphatic rings. The van der Waals surface area contributed by atoms with Gasteiger partial charge in [0.15, 0.2) is 6.10 Å². The molecule has 0 spiro atoms. The van der Waals surface area contributed by atoms with Gasteiger partial charge in [0.05, 0.1) is 0 Å². The first-order valence-corrected chi connectivity index (χ1v) is 4.97. The highest BCUT2D eigenvalue weighted by molar-refractivity contribution is 5.39. The fourth-order valence-electron chi connectivity index (χ4n) is 1.34. The van der Waals surface area contributed by atoms with E-state index in [0.717, 1.165) is 11.1 Å². The molecule has 1 aromatic carbocycles. The van der Waals surface area contributed by atoms with Crippen molar-refractivity contribution >= 4 is 0 Å². The van der Waals surface area contributed by atoms with Crippen molar-refractivity contribution in [1.29, 1.82) is 5.26 Å². The molecule has 0 bridgehead atoms. The van der Waals surface area contributed by atoms with Crippen LogP contribution in [-0.4, -0.2) is 6.10 Å². The van der Waals surface area contributed by atoms with E-state index in [0.29, 0.717) is 5.75 Å². The number of aryl methyl sites for hydroxylation is 1. The van der Waals surface area contributed by atoms with Gasteiger partial charge in [-0.25, -0.2) is 0 Å². The molecule has 80 valence electrons. The SMILES string of the molecule is Cc1ccc([C@H](C)N)c(OC(C)C#N)c1. The van der Waals surface area contributed by atoms with Crippen molar-refractivity contribution in [1.82, 2.24) is 0 Å². The van der Waals surface area contributed by atoms with Gasteiger partial charge in [0.2, 0.25) is 0 Å². The number of nitrogens with two attached hydrogens (primary N) is 1. The van der Waals surface area contributed by atoms with Crippen LogP contribution in [0, 0.1) is 18.3 Å². The Kier molecular flexibility index (Phi) is 3.70. The van der Waals surface area contributed by atoms with Gasteiger partial charge in [-0.15, -0.1) is 0 Å². The molecule has 3 nitrogen and oxygen atoms in total. The number of hydrogen-bond donors (Lipinski definition) is 1. The van der Waals surface area contributed by atoms with Crippen LogP contribution in [0.4, 0.5) is 0 Å². The fourth-order valence-corrected chi connectivity index (χ4v) is 1.34. The van der Waals surface area contributed by atoms with Gasteiger partial charge in [0.25, 0.3) is 0 Å². The molecule has 0 fully saturated rings. The molecule has 0 saturated heterocycles. The summed E-state index contributed by atoms with van der Waals surface area (Å²) in [6, 6.07) is 7.79. The van der Waals surface area contributed by atoms with Crippen LogP contribution < -0.4 is 10.5 Å². The van der Waals surface area contributed by atoms with Gasteiger partial charge in [0, 0.05) is 11.6 Å². The zero-order valence-corrected chi connectivity index (χ0v) is 9.32. The third-order valence-electron chi connectivity index (χ3n) is 2.15. The maximum atomic E-state index is 8.69. The van der Waals surface area contributed by atoms with Gasteiger partial charge in [0.1, 0.15) is 11.8 Å². The van der Waals surface area contributed by atoms with Gasteiger partial charge in [-0.3, -0.25) is 0 Å². The summed E-state index contributed by atoms with van der Waals surface area (Å²) in [4.78, 5) is 0. The number of nitrogens with zero attached hydrogens (tertiary/aromatic N) is 1. The van der Waals surface area contributed by atoms with Crippen molar-refractivity contribution in [3.8, 4) is 11.8 Å². The molecule has 1 unspecified atom stereocenters. The van der Waals surface area contributed by atoms with E-state index in [-0.39, 0.29) is 6.04 Å². The van der Waals surface area contributed by atoms with Crippen molar-refractivity contribution in [2.75, 3.05) is 0 Å². The number of rotatable bonds is 3. The highest BCUT2D eigenvalue weighted by atomic mass is 16.5. The molecule has 0 radical (unpaired) electrons. The summed E-state index contributed by atoms with van der Waals surface area (Å²) < 4.78 is 5.50. The summed E-state index contributed by atoms with van der Waals surface area (Å²) >= 11 is 0. The molecule has 0 aliphatic heterocycles. The predicted octanol–water partition coefficient (Wildman–Crippen LogP) is 2.31. The topological polar surface area (TPSA) is 59.0 Å². The van der Waals surface area contributed by atoms with E-state index in [2.05, 4.69) is 0 Å². The molecule has 0 aliphatic carbocycles. The Balaban J connectivity index is 3.03. The van der Waals surface area contributed by atoms with E-state index in [4.69, 9.17) is 15.7 Å². The van der Waals surface area contributed by atoms with Crippen LogP contribution in [0.15, 0.2) is 18.2 Å². The Bertz CT molecular complexity index is 380. The molecule has 0 saturated carbocycles. The lowest BCUT2D eigenvalue weighted by Gasteiger charge is -2.15. The molecule has 2 N–H and O–H groups in total. The summed E-state index contributed by atoms with van der Waals surface area (Å²) in [5.74, 6) is 0.707. The highest BCUT2D eigenvalue weighted by Crippen LogP contribution is 2.25. The minimum absolute atomic E-state index is 0.0912. The van der Waals surface area contributed by atoms with E-state index < -0.39 is 6.10 Å². The van der Waals surface area contributed by atoms with Crippen LogP contribution in [0.3, 0.4) is 0 Å². The Morgan fingerprint density at radius 2 is 2.07 bits per heavy atom. The maximum absolute atomic E-state index is 8.69. The number of ether oxygens (including phenoxy) is 1. The third kappa shape index (κ3) is 2.97. The number of hydrogen-bond acceptors (Lipinski definition) is 3. The molecule has 1 rings (SSSR count). The Hall–Kier alpha value is -1.53. The zero-order chi connectivity index (χ0) is 11.4. The van der Waals surface area contributed by atoms with Gasteiger partial charge >= 0.3 is 0 Å². The van der Waals surface area contributed by atoms with Crippen molar-refractivity contribution in [3.05, 3.63) is 29.3 Å². The van der Waals surface area contributed by atoms with Crippen LogP contribution in [0.5, 0.6) is 5.75 Å². The second kappa shape index (κ2) is 4.81. The van der Waals surface area contributed by atoms with E-state index >= 15 is 0 Å². The van der Waals surface area contributed by atoms with E-state index in [9.17, 15) is 0 Å². The first-order chi connectivity index (χ1) is 7.04. The second-order valence-corrected chi connectivity index (χ2v) is 3.72. The summed E-state index contributed by atoms with van der Waals surface area (Å²) in [5, 5.41) is 8.69. The van der Waals surface area contributed by atoms with Gasteiger partial charge in [-0.1, -0.05) is 12.1 Å². The lowest BCUT2D eigenvalue weighted by molar-refractivity contribution is 0.272. The molecular formula is C12H16N2O. The second-order valence-electron chi connectivity index (χ2n) is 3.72. The number of nitriles is 1. The van der Waals surface area contributed by atoms with Crippen LogP contribution >= 0.6 is 0 Å². The summed E-state index contributed by atoms with van der Waals surface area (Å²) in [7, 11) is 0. The maximum Gasteiger partial charge on any atom is 0.181 e. The highest BCUT2D eigenvalue weighted by Gasteiger charge is 2.10. The van der Waals surface area contributed by atoms with Gasteiger partial charge < -0.3 is 10.5 Å². The predicted molar refractivity (Wildman–Crippen MR) is 59.5 cm³/mol. The Morgan fingerprint density at radius 3 is 2.60 bits per heavy atom. The quantitative estimate of drug-likeness (QED) is 0.821. The molecule has 15 heavy (non-hydrogen) atoms. The lowest BCUT2D eigenvalue weighted by atomic mass is 10.1. The first-order valence-electron chi connectivity index (χ1n) is 4.97. The van der Waals surface area contributed by atoms with E-state index in [1.807, 2.05) is 38.1 Å². The first kappa shape index (κ1) is 11.5. The van der Waals surface area contributed by atoms with Gasteiger partial charge in [-0.05, 0) is 32.4 Å². The molecule has 2 atom stereocenters. The van der Waals surface area contributed by atoms with Crippen molar-refractivity contribution in [2.24, 2.45) is 5.73 Å². The van der Waals surface area contributed by atoms with Crippen LogP contribution in [0.2, 0.25) is 0 Å². The Labute approximate surface area is 90.5 Å². The zero-order valence-electron chi connectivity index (χ0n) is 9.32. The average Bonchev–Trinajstić information content (AvgIpc) is 2.17. The minimum atomic E-state index is -0.454. The molecular weight excluding hydrogens is 188 g/mol. The van der Waals surface area contributed by atoms with E-state index in [1.54, 1.807) is 6.92 Å². The molecule has 0 aromatic heterocycles. The molecule has 3 heteroatoms. The monoisotopic (exact) mass is 204 g/mol. The normalized spacial score (nSPS) is 14.1. The molecule has 0 heterocycles. The van der Waals surface area contributed by atoms with Crippen LogP contribution in [-0.2, 0) is 0 Å². The van der Waals surface area contributed by atoms with Crippen molar-refractivity contribution in [3.63, 3.8) is 0 Å². The molecule has 1 aromatic rings. The lowest BCUT2D eigenvalue weighted by Crippen LogP contribution is -2.13.